The summed E-state index contributed by atoms with van der Waals surface area (Å²) in [6, 6.07) is 12.1. The highest BCUT2D eigenvalue weighted by atomic mass is 32.2. The number of benzene rings is 2. The minimum Gasteiger partial charge on any atom is -0.465 e. The second-order valence-electron chi connectivity index (χ2n) is 8.42. The zero-order valence-corrected chi connectivity index (χ0v) is 20.7. The first-order valence-electron chi connectivity index (χ1n) is 11.4. The van der Waals surface area contributed by atoms with Crippen molar-refractivity contribution in [2.75, 3.05) is 30.5 Å². The van der Waals surface area contributed by atoms with Crippen LogP contribution in [0.5, 0.6) is 0 Å². The number of hydrogen-bond donors (Lipinski definition) is 2. The summed E-state index contributed by atoms with van der Waals surface area (Å²) in [5, 5.41) is 34.7. The van der Waals surface area contributed by atoms with Gasteiger partial charge in [-0.05, 0) is 42.8 Å². The molecule has 1 aliphatic rings. The Morgan fingerprint density at radius 3 is 2.37 bits per heavy atom. The molecule has 14 nitrogen and oxygen atoms in total. The fourth-order valence-electron chi connectivity index (χ4n) is 4.32. The number of amides is 2. The first-order chi connectivity index (χ1) is 18.1. The molecule has 0 aliphatic carbocycles. The van der Waals surface area contributed by atoms with Crippen LogP contribution in [0.25, 0.3) is 5.69 Å². The number of hydrogen-bond acceptors (Lipinski definition) is 7. The third-order valence-electron chi connectivity index (χ3n) is 6.20. The maximum Gasteiger partial charge on any atom is 0.407 e. The predicted octanol–water partition coefficient (Wildman–Crippen LogP) is 2.71. The van der Waals surface area contributed by atoms with Crippen molar-refractivity contribution in [3.63, 3.8) is 0 Å². The highest BCUT2D eigenvalue weighted by Crippen LogP contribution is 2.31. The summed E-state index contributed by atoms with van der Waals surface area (Å²) in [6.07, 6.45) is 0.763. The maximum absolute atomic E-state index is 13.8. The van der Waals surface area contributed by atoms with Crippen LogP contribution in [0.1, 0.15) is 6.42 Å². The SMILES string of the molecule is O=C(O)N1CCN(C(=O)O)[C@H](CCN(c2ccc(-n3cccn3)cc2)S(=O)(=O)c2ccccc2[N+](=O)[O-])C1. The van der Waals surface area contributed by atoms with Gasteiger partial charge in [0.2, 0.25) is 0 Å². The molecule has 2 aromatic carbocycles. The van der Waals surface area contributed by atoms with Gasteiger partial charge in [-0.1, -0.05) is 12.1 Å². The van der Waals surface area contributed by atoms with Crippen LogP contribution in [0.15, 0.2) is 71.9 Å². The van der Waals surface area contributed by atoms with E-state index < -0.39 is 43.8 Å². The van der Waals surface area contributed by atoms with Crippen molar-refractivity contribution < 1.29 is 33.1 Å². The lowest BCUT2D eigenvalue weighted by atomic mass is 10.1. The highest BCUT2D eigenvalue weighted by molar-refractivity contribution is 7.93. The highest BCUT2D eigenvalue weighted by Gasteiger charge is 2.36. The summed E-state index contributed by atoms with van der Waals surface area (Å²) >= 11 is 0. The Labute approximate surface area is 217 Å². The first kappa shape index (κ1) is 26.4. The zero-order valence-electron chi connectivity index (χ0n) is 19.9. The fourth-order valence-corrected chi connectivity index (χ4v) is 5.96. The van der Waals surface area contributed by atoms with E-state index in [1.54, 1.807) is 35.3 Å². The van der Waals surface area contributed by atoms with Crippen molar-refractivity contribution in [1.29, 1.82) is 0 Å². The number of carbonyl (C=O) groups is 2. The molecule has 38 heavy (non-hydrogen) atoms. The number of carboxylic acid groups (broad SMARTS) is 2. The maximum atomic E-state index is 13.8. The second-order valence-corrected chi connectivity index (χ2v) is 10.2. The molecule has 1 saturated heterocycles. The van der Waals surface area contributed by atoms with Crippen LogP contribution in [-0.4, -0.2) is 87.5 Å². The Bertz CT molecular complexity index is 1430. The van der Waals surface area contributed by atoms with Crippen molar-refractivity contribution >= 4 is 33.6 Å². The van der Waals surface area contributed by atoms with Crippen molar-refractivity contribution in [3.05, 3.63) is 77.1 Å². The molecule has 0 bridgehead atoms. The van der Waals surface area contributed by atoms with Gasteiger partial charge in [-0.3, -0.25) is 14.4 Å². The molecule has 2 N–H and O–H groups in total. The van der Waals surface area contributed by atoms with Crippen LogP contribution in [0.4, 0.5) is 21.0 Å². The number of nitrogens with zero attached hydrogens (tertiary/aromatic N) is 6. The monoisotopic (exact) mass is 544 g/mol. The van der Waals surface area contributed by atoms with Gasteiger partial charge >= 0.3 is 12.2 Å². The van der Waals surface area contributed by atoms with E-state index in [-0.39, 0.29) is 38.3 Å². The lowest BCUT2D eigenvalue weighted by Gasteiger charge is -2.39. The summed E-state index contributed by atoms with van der Waals surface area (Å²) in [5.41, 5.74) is 0.225. The summed E-state index contributed by atoms with van der Waals surface area (Å²) in [4.78, 5) is 35.7. The molecule has 1 atom stereocenters. The molecule has 0 saturated carbocycles. The lowest BCUT2D eigenvalue weighted by Crippen LogP contribution is -2.56. The molecule has 200 valence electrons. The minimum absolute atomic E-state index is 0.00868. The average molecular weight is 545 g/mol. The van der Waals surface area contributed by atoms with Gasteiger partial charge in [-0.15, -0.1) is 0 Å². The molecule has 3 aromatic rings. The van der Waals surface area contributed by atoms with E-state index in [0.29, 0.717) is 5.69 Å². The van der Waals surface area contributed by atoms with Crippen LogP contribution >= 0.6 is 0 Å². The van der Waals surface area contributed by atoms with Gasteiger partial charge < -0.3 is 20.0 Å². The van der Waals surface area contributed by atoms with Crippen LogP contribution in [0.2, 0.25) is 0 Å². The standard InChI is InChI=1S/C23H24N6O8S/c30-22(31)25-14-15-26(23(32)33)19(16-25)10-13-28(18-8-6-17(7-9-18)27-12-3-11-24-27)38(36,37)21-5-2-1-4-20(21)29(34)35/h1-9,11-12,19H,10,13-16H2,(H,30,31)(H,32,33)/t19-/m1/s1. The molecule has 4 rings (SSSR count). The predicted molar refractivity (Wildman–Crippen MR) is 134 cm³/mol. The summed E-state index contributed by atoms with van der Waals surface area (Å²) < 4.78 is 30.1. The average Bonchev–Trinajstić information content (AvgIpc) is 3.44. The molecule has 0 radical (unpaired) electrons. The van der Waals surface area contributed by atoms with Gasteiger partial charge in [0.15, 0.2) is 4.90 Å². The molecule has 2 amide bonds. The first-order valence-corrected chi connectivity index (χ1v) is 12.9. The van der Waals surface area contributed by atoms with E-state index >= 15 is 0 Å². The van der Waals surface area contributed by atoms with E-state index in [9.17, 15) is 38.3 Å². The van der Waals surface area contributed by atoms with Crippen molar-refractivity contribution in [2.24, 2.45) is 0 Å². The largest absolute Gasteiger partial charge is 0.465 e. The van der Waals surface area contributed by atoms with Gasteiger partial charge in [0.25, 0.3) is 15.7 Å². The fraction of sp³-hybridized carbons (Fsp3) is 0.261. The minimum atomic E-state index is -4.49. The Morgan fingerprint density at radius 1 is 1.05 bits per heavy atom. The topological polar surface area (TPSA) is 179 Å². The van der Waals surface area contributed by atoms with Crippen LogP contribution in [0.3, 0.4) is 0 Å². The summed E-state index contributed by atoms with van der Waals surface area (Å²) in [6.45, 7) is -0.482. The third kappa shape index (κ3) is 5.36. The number of anilines is 1. The molecule has 0 spiro atoms. The Morgan fingerprint density at radius 2 is 1.76 bits per heavy atom. The Kier molecular flexibility index (Phi) is 7.47. The van der Waals surface area contributed by atoms with Crippen LogP contribution in [-0.2, 0) is 10.0 Å². The number of para-hydroxylation sites is 1. The quantitative estimate of drug-likeness (QED) is 0.318. The number of nitro groups is 1. The smallest absolute Gasteiger partial charge is 0.407 e. The zero-order chi connectivity index (χ0) is 27.4. The van der Waals surface area contributed by atoms with Crippen molar-refractivity contribution in [2.45, 2.75) is 17.4 Å². The molecule has 0 unspecified atom stereocenters. The van der Waals surface area contributed by atoms with Gasteiger partial charge in [-0.25, -0.2) is 22.7 Å². The van der Waals surface area contributed by atoms with Gasteiger partial charge in [0.05, 0.1) is 22.3 Å². The molecule has 1 fully saturated rings. The van der Waals surface area contributed by atoms with E-state index in [1.807, 2.05) is 0 Å². The molecule has 1 aromatic heterocycles. The summed E-state index contributed by atoms with van der Waals surface area (Å²) in [7, 11) is -4.49. The number of sulfonamides is 1. The van der Waals surface area contributed by atoms with Crippen LogP contribution in [0, 0.1) is 10.1 Å². The number of aromatic nitrogens is 2. The normalized spacial score (nSPS) is 15.7. The van der Waals surface area contributed by atoms with E-state index in [1.165, 1.54) is 24.3 Å². The van der Waals surface area contributed by atoms with E-state index in [2.05, 4.69) is 5.10 Å². The van der Waals surface area contributed by atoms with E-state index in [4.69, 9.17) is 0 Å². The molecule has 2 heterocycles. The summed E-state index contributed by atoms with van der Waals surface area (Å²) in [5.74, 6) is 0. The molecule has 15 heteroatoms. The van der Waals surface area contributed by atoms with E-state index in [0.717, 1.165) is 26.2 Å². The van der Waals surface area contributed by atoms with Crippen molar-refractivity contribution in [3.8, 4) is 5.69 Å². The van der Waals surface area contributed by atoms with Gasteiger partial charge in [0.1, 0.15) is 0 Å². The Hall–Kier alpha value is -4.66. The molecular formula is C23H24N6O8S. The molecule has 1 aliphatic heterocycles. The number of nitro benzene ring substituents is 1. The van der Waals surface area contributed by atoms with Gasteiger partial charge in [-0.2, -0.15) is 5.10 Å². The van der Waals surface area contributed by atoms with Crippen molar-refractivity contribution in [1.82, 2.24) is 19.6 Å². The lowest BCUT2D eigenvalue weighted by molar-refractivity contribution is -0.387. The van der Waals surface area contributed by atoms with Crippen LogP contribution < -0.4 is 4.31 Å². The Balaban J connectivity index is 1.71. The number of piperazine rings is 1. The molecular weight excluding hydrogens is 520 g/mol. The third-order valence-corrected chi connectivity index (χ3v) is 8.08. The second kappa shape index (κ2) is 10.8. The number of rotatable bonds is 8. The van der Waals surface area contributed by atoms with Gasteiger partial charge in [0, 0.05) is 44.6 Å².